The molecule has 174 valence electrons. The Hall–Kier alpha value is -3.03. The minimum atomic E-state index is -1.56. The molecule has 31 heavy (non-hydrogen) atoms. The molecule has 0 saturated carbocycles. The highest BCUT2D eigenvalue weighted by Crippen LogP contribution is 2.02. The minimum Gasteiger partial charge on any atom is -0.480 e. The Labute approximate surface area is 179 Å². The van der Waals surface area contributed by atoms with Crippen LogP contribution in [-0.2, 0) is 25.6 Å². The van der Waals surface area contributed by atoms with Crippen LogP contribution >= 0.6 is 0 Å². The van der Waals surface area contributed by atoms with Crippen LogP contribution < -0.4 is 27.4 Å². The van der Waals surface area contributed by atoms with Gasteiger partial charge in [0.1, 0.15) is 6.04 Å². The number of aliphatic hydroxyl groups excluding tert-OH is 1. The summed E-state index contributed by atoms with van der Waals surface area (Å²) >= 11 is 0. The van der Waals surface area contributed by atoms with E-state index in [1.807, 2.05) is 0 Å². The van der Waals surface area contributed by atoms with E-state index in [1.54, 1.807) is 0 Å². The Morgan fingerprint density at radius 2 is 1.90 bits per heavy atom. The lowest BCUT2D eigenvalue weighted by Crippen LogP contribution is -2.56. The molecule has 0 saturated heterocycles. The average molecular weight is 441 g/mol. The molecular formula is C18H31N7O6. The molecule has 4 unspecified atom stereocenters. The van der Waals surface area contributed by atoms with Crippen molar-refractivity contribution in [3.05, 3.63) is 18.2 Å². The molecule has 0 radical (unpaired) electrons. The molecule has 10 N–H and O–H groups in total. The van der Waals surface area contributed by atoms with Crippen LogP contribution in [0.5, 0.6) is 0 Å². The van der Waals surface area contributed by atoms with Gasteiger partial charge in [-0.05, 0) is 26.3 Å². The topological polar surface area (TPSA) is 226 Å². The number of nitrogens with one attached hydrogen (secondary N) is 4. The lowest BCUT2D eigenvalue weighted by Gasteiger charge is -2.22. The Bertz CT molecular complexity index is 725. The van der Waals surface area contributed by atoms with Crippen molar-refractivity contribution in [3.63, 3.8) is 0 Å². The SMILES string of the molecule is CC(O)C(NC(=O)C(Cc1cnc[nH]1)NC(=O)CNC(=O)C(N)CCCCN)C(=O)O. The van der Waals surface area contributed by atoms with Gasteiger partial charge in [0, 0.05) is 18.3 Å². The van der Waals surface area contributed by atoms with Crippen molar-refractivity contribution < 1.29 is 29.4 Å². The number of amides is 3. The number of hydrogen-bond donors (Lipinski definition) is 8. The number of unbranched alkanes of at least 4 members (excludes halogenated alkanes) is 1. The van der Waals surface area contributed by atoms with Crippen LogP contribution in [-0.4, -0.2) is 81.2 Å². The summed E-state index contributed by atoms with van der Waals surface area (Å²) in [6.07, 6.45) is 3.28. The van der Waals surface area contributed by atoms with Crippen molar-refractivity contribution in [2.45, 2.75) is 56.8 Å². The van der Waals surface area contributed by atoms with E-state index >= 15 is 0 Å². The maximum Gasteiger partial charge on any atom is 0.328 e. The number of nitrogens with two attached hydrogens (primary N) is 2. The standard InChI is InChI=1S/C18H31N7O6/c1-10(26)15(18(30)31)25-17(29)13(6-11-7-21-9-23-11)24-14(27)8-22-16(28)12(20)4-2-3-5-19/h7,9-10,12-13,15,26H,2-6,8,19-20H2,1H3,(H,21,23)(H,22,28)(H,24,27)(H,25,29)(H,30,31). The average Bonchev–Trinajstić information content (AvgIpc) is 3.22. The number of rotatable bonds is 14. The Balaban J connectivity index is 2.70. The molecule has 1 heterocycles. The predicted octanol–water partition coefficient (Wildman–Crippen LogP) is -3.04. The van der Waals surface area contributed by atoms with E-state index in [0.29, 0.717) is 25.1 Å². The first-order chi connectivity index (χ1) is 14.6. The van der Waals surface area contributed by atoms with E-state index in [4.69, 9.17) is 16.6 Å². The van der Waals surface area contributed by atoms with Crippen molar-refractivity contribution in [3.8, 4) is 0 Å². The lowest BCUT2D eigenvalue weighted by atomic mass is 10.1. The molecule has 0 aliphatic rings. The highest BCUT2D eigenvalue weighted by Gasteiger charge is 2.30. The number of nitrogens with zero attached hydrogens (tertiary/aromatic N) is 1. The van der Waals surface area contributed by atoms with Gasteiger partial charge in [-0.15, -0.1) is 0 Å². The van der Waals surface area contributed by atoms with Gasteiger partial charge in [0.2, 0.25) is 17.7 Å². The molecule has 13 heteroatoms. The molecule has 0 aromatic carbocycles. The van der Waals surface area contributed by atoms with E-state index in [0.717, 1.165) is 6.42 Å². The largest absolute Gasteiger partial charge is 0.480 e. The Kier molecular flexibility index (Phi) is 11.2. The van der Waals surface area contributed by atoms with Crippen molar-refractivity contribution in [1.82, 2.24) is 25.9 Å². The molecule has 0 fully saturated rings. The number of aliphatic hydroxyl groups is 1. The van der Waals surface area contributed by atoms with E-state index in [-0.39, 0.29) is 6.42 Å². The second-order valence-electron chi connectivity index (χ2n) is 7.07. The highest BCUT2D eigenvalue weighted by atomic mass is 16.4. The predicted molar refractivity (Wildman–Crippen MR) is 109 cm³/mol. The summed E-state index contributed by atoms with van der Waals surface area (Å²) in [4.78, 5) is 54.7. The number of aromatic nitrogens is 2. The van der Waals surface area contributed by atoms with Crippen molar-refractivity contribution in [1.29, 1.82) is 0 Å². The first-order valence-electron chi connectivity index (χ1n) is 9.86. The summed E-state index contributed by atoms with van der Waals surface area (Å²) in [6.45, 7) is 1.29. The van der Waals surface area contributed by atoms with Gasteiger partial charge in [-0.1, -0.05) is 6.42 Å². The van der Waals surface area contributed by atoms with E-state index in [9.17, 15) is 24.3 Å². The summed E-state index contributed by atoms with van der Waals surface area (Å²) in [5.74, 6) is -3.43. The lowest BCUT2D eigenvalue weighted by molar-refractivity contribution is -0.145. The van der Waals surface area contributed by atoms with Gasteiger partial charge in [-0.3, -0.25) is 14.4 Å². The maximum atomic E-state index is 12.6. The third-order valence-electron chi connectivity index (χ3n) is 4.41. The van der Waals surface area contributed by atoms with Crippen LogP contribution in [0.15, 0.2) is 12.5 Å². The summed E-state index contributed by atoms with van der Waals surface area (Å²) in [5.41, 5.74) is 11.7. The van der Waals surface area contributed by atoms with Crippen molar-refractivity contribution >= 4 is 23.7 Å². The van der Waals surface area contributed by atoms with Gasteiger partial charge < -0.3 is 42.6 Å². The molecule has 3 amide bonds. The Morgan fingerprint density at radius 3 is 2.45 bits per heavy atom. The fourth-order valence-electron chi connectivity index (χ4n) is 2.65. The molecule has 13 nitrogen and oxygen atoms in total. The number of carboxylic acids is 1. The molecule has 1 aromatic rings. The molecule has 4 atom stereocenters. The number of aliphatic carboxylic acids is 1. The number of imidazole rings is 1. The molecule has 0 aliphatic carbocycles. The van der Waals surface area contributed by atoms with Crippen LogP contribution in [0.25, 0.3) is 0 Å². The van der Waals surface area contributed by atoms with Gasteiger partial charge in [0.15, 0.2) is 6.04 Å². The molecular weight excluding hydrogens is 410 g/mol. The normalized spacial score (nSPS) is 14.7. The van der Waals surface area contributed by atoms with Gasteiger partial charge in [0.25, 0.3) is 0 Å². The number of carboxylic acid groups (broad SMARTS) is 1. The fraction of sp³-hybridized carbons (Fsp3) is 0.611. The summed E-state index contributed by atoms with van der Waals surface area (Å²) in [5, 5.41) is 25.7. The highest BCUT2D eigenvalue weighted by molar-refractivity contribution is 5.92. The van der Waals surface area contributed by atoms with Crippen molar-refractivity contribution in [2.24, 2.45) is 11.5 Å². The number of H-pyrrole nitrogens is 1. The van der Waals surface area contributed by atoms with Crippen molar-refractivity contribution in [2.75, 3.05) is 13.1 Å². The quantitative estimate of drug-likeness (QED) is 0.137. The number of carbonyl (C=O) groups is 4. The maximum absolute atomic E-state index is 12.6. The van der Waals surface area contributed by atoms with Crippen LogP contribution in [0.3, 0.4) is 0 Å². The van der Waals surface area contributed by atoms with Crippen LogP contribution in [0, 0.1) is 0 Å². The zero-order valence-electron chi connectivity index (χ0n) is 17.3. The second kappa shape index (κ2) is 13.3. The Morgan fingerprint density at radius 1 is 1.19 bits per heavy atom. The summed E-state index contributed by atoms with van der Waals surface area (Å²) in [7, 11) is 0. The molecule has 1 rings (SSSR count). The zero-order valence-corrected chi connectivity index (χ0v) is 17.3. The van der Waals surface area contributed by atoms with Crippen LogP contribution in [0.4, 0.5) is 0 Å². The van der Waals surface area contributed by atoms with Gasteiger partial charge in [0.05, 0.1) is 25.0 Å². The summed E-state index contributed by atoms with van der Waals surface area (Å²) in [6, 6.07) is -3.52. The third-order valence-corrected chi connectivity index (χ3v) is 4.41. The molecule has 0 spiro atoms. The zero-order chi connectivity index (χ0) is 23.4. The van der Waals surface area contributed by atoms with Gasteiger partial charge >= 0.3 is 5.97 Å². The first kappa shape index (κ1) is 26.0. The first-order valence-corrected chi connectivity index (χ1v) is 9.86. The molecule has 0 bridgehead atoms. The number of carbonyl (C=O) groups excluding carboxylic acids is 3. The van der Waals surface area contributed by atoms with E-state index in [1.165, 1.54) is 19.4 Å². The van der Waals surface area contributed by atoms with Crippen LogP contribution in [0.1, 0.15) is 31.9 Å². The van der Waals surface area contributed by atoms with Gasteiger partial charge in [-0.25, -0.2) is 9.78 Å². The second-order valence-corrected chi connectivity index (χ2v) is 7.07. The summed E-state index contributed by atoms with van der Waals surface area (Å²) < 4.78 is 0. The third kappa shape index (κ3) is 9.55. The van der Waals surface area contributed by atoms with E-state index in [2.05, 4.69) is 25.9 Å². The fourth-order valence-corrected chi connectivity index (χ4v) is 2.65. The minimum absolute atomic E-state index is 0.0176. The number of aromatic amines is 1. The van der Waals surface area contributed by atoms with E-state index < -0.39 is 54.5 Å². The molecule has 0 aliphatic heterocycles. The van der Waals surface area contributed by atoms with Crippen LogP contribution in [0.2, 0.25) is 0 Å². The molecule has 1 aromatic heterocycles. The number of hydrogen-bond acceptors (Lipinski definition) is 8. The van der Waals surface area contributed by atoms with Gasteiger partial charge in [-0.2, -0.15) is 0 Å². The smallest absolute Gasteiger partial charge is 0.328 e. The monoisotopic (exact) mass is 441 g/mol.